The maximum atomic E-state index is 13.0. The number of alkyl halides is 1. The van der Waals surface area contributed by atoms with Gasteiger partial charge in [-0.05, 0) is 37.0 Å². The minimum atomic E-state index is -0.454. The number of rotatable bonds is 3. The Hall–Kier alpha value is -0.800. The van der Waals surface area contributed by atoms with Crippen molar-refractivity contribution in [1.29, 1.82) is 0 Å². The van der Waals surface area contributed by atoms with Crippen LogP contribution in [0.1, 0.15) is 43.0 Å². The van der Waals surface area contributed by atoms with Crippen molar-refractivity contribution in [2.75, 3.05) is 5.88 Å². The molecule has 2 unspecified atom stereocenters. The Labute approximate surface area is 128 Å². The van der Waals surface area contributed by atoms with Gasteiger partial charge in [0.25, 0.3) is 5.91 Å². The summed E-state index contributed by atoms with van der Waals surface area (Å²) >= 11 is 12.0. The Kier molecular flexibility index (Phi) is 4.92. The second-order valence-electron chi connectivity index (χ2n) is 5.69. The van der Waals surface area contributed by atoms with E-state index in [1.54, 1.807) is 0 Å². The van der Waals surface area contributed by atoms with Crippen LogP contribution >= 0.6 is 23.2 Å². The maximum absolute atomic E-state index is 13.0. The normalized spacial score (nSPS) is 26.3. The van der Waals surface area contributed by atoms with Gasteiger partial charge in [0.05, 0.1) is 16.1 Å². The second kappa shape index (κ2) is 6.31. The van der Waals surface area contributed by atoms with Crippen molar-refractivity contribution < 1.29 is 9.18 Å². The third-order valence-electron chi connectivity index (χ3n) is 3.90. The number of amides is 1. The van der Waals surface area contributed by atoms with Crippen molar-refractivity contribution in [3.63, 3.8) is 0 Å². The first-order valence-electron chi connectivity index (χ1n) is 6.79. The first kappa shape index (κ1) is 15.6. The molecule has 20 heavy (non-hydrogen) atoms. The molecule has 1 aliphatic carbocycles. The summed E-state index contributed by atoms with van der Waals surface area (Å²) in [5.41, 5.74) is -0.0932. The Balaban J connectivity index is 2.16. The molecule has 5 heteroatoms. The molecule has 0 radical (unpaired) electrons. The van der Waals surface area contributed by atoms with Crippen LogP contribution < -0.4 is 5.32 Å². The van der Waals surface area contributed by atoms with Crippen LogP contribution in [-0.2, 0) is 0 Å². The standard InChI is InChI=1S/C15H18Cl2FNO/c1-10-3-2-6-15(8-10,9-16)19-14(20)12-5-4-11(18)7-13(12)17/h4-5,7,10H,2-3,6,8-9H2,1H3,(H,19,20). The highest BCUT2D eigenvalue weighted by molar-refractivity contribution is 6.33. The zero-order valence-electron chi connectivity index (χ0n) is 11.4. The highest BCUT2D eigenvalue weighted by Gasteiger charge is 2.36. The Morgan fingerprint density at radius 3 is 2.90 bits per heavy atom. The van der Waals surface area contributed by atoms with Crippen molar-refractivity contribution in [1.82, 2.24) is 5.32 Å². The molecule has 1 aromatic rings. The summed E-state index contributed by atoms with van der Waals surface area (Å²) in [5, 5.41) is 3.13. The van der Waals surface area contributed by atoms with E-state index in [0.29, 0.717) is 11.8 Å². The average Bonchev–Trinajstić information content (AvgIpc) is 2.38. The van der Waals surface area contributed by atoms with E-state index in [1.165, 1.54) is 12.1 Å². The summed E-state index contributed by atoms with van der Waals surface area (Å²) in [6, 6.07) is 3.78. The van der Waals surface area contributed by atoms with E-state index < -0.39 is 5.82 Å². The molecule has 1 N–H and O–H groups in total. The molecule has 1 fully saturated rings. The van der Waals surface area contributed by atoms with E-state index in [0.717, 1.165) is 31.7 Å². The summed E-state index contributed by atoms with van der Waals surface area (Å²) in [4.78, 5) is 12.3. The number of nitrogens with one attached hydrogen (secondary N) is 1. The van der Waals surface area contributed by atoms with Crippen molar-refractivity contribution in [3.8, 4) is 0 Å². The van der Waals surface area contributed by atoms with Gasteiger partial charge in [-0.2, -0.15) is 0 Å². The predicted octanol–water partition coefficient (Wildman–Crippen LogP) is 4.40. The number of carbonyl (C=O) groups excluding carboxylic acids is 1. The van der Waals surface area contributed by atoms with Crippen LogP contribution in [0.3, 0.4) is 0 Å². The first-order chi connectivity index (χ1) is 9.46. The number of hydrogen-bond donors (Lipinski definition) is 1. The Morgan fingerprint density at radius 1 is 1.55 bits per heavy atom. The third-order valence-corrected chi connectivity index (χ3v) is 4.73. The SMILES string of the molecule is CC1CCCC(CCl)(NC(=O)c2ccc(F)cc2Cl)C1. The minimum absolute atomic E-state index is 0.121. The molecule has 1 saturated carbocycles. The summed E-state index contributed by atoms with van der Waals surface area (Å²) in [5.74, 6) is 0.170. The molecule has 110 valence electrons. The highest BCUT2D eigenvalue weighted by Crippen LogP contribution is 2.33. The van der Waals surface area contributed by atoms with Crippen LogP contribution in [0.15, 0.2) is 18.2 Å². The van der Waals surface area contributed by atoms with Gasteiger partial charge < -0.3 is 5.32 Å². The quantitative estimate of drug-likeness (QED) is 0.823. The van der Waals surface area contributed by atoms with Gasteiger partial charge in [0.1, 0.15) is 5.82 Å². The van der Waals surface area contributed by atoms with Gasteiger partial charge in [-0.3, -0.25) is 4.79 Å². The largest absolute Gasteiger partial charge is 0.345 e. The van der Waals surface area contributed by atoms with Gasteiger partial charge in [0, 0.05) is 5.88 Å². The molecule has 1 amide bonds. The van der Waals surface area contributed by atoms with Gasteiger partial charge in [0.2, 0.25) is 0 Å². The fourth-order valence-corrected chi connectivity index (χ4v) is 3.47. The molecule has 2 atom stereocenters. The Bertz CT molecular complexity index is 509. The van der Waals surface area contributed by atoms with Gasteiger partial charge in [-0.1, -0.05) is 31.4 Å². The number of hydrogen-bond acceptors (Lipinski definition) is 1. The molecule has 0 aromatic heterocycles. The van der Waals surface area contributed by atoms with Crippen molar-refractivity contribution in [3.05, 3.63) is 34.6 Å². The predicted molar refractivity (Wildman–Crippen MR) is 80.0 cm³/mol. The lowest BCUT2D eigenvalue weighted by atomic mass is 9.77. The monoisotopic (exact) mass is 317 g/mol. The molecular weight excluding hydrogens is 300 g/mol. The number of benzene rings is 1. The molecule has 0 heterocycles. The second-order valence-corrected chi connectivity index (χ2v) is 6.37. The summed E-state index contributed by atoms with van der Waals surface area (Å²) in [7, 11) is 0. The summed E-state index contributed by atoms with van der Waals surface area (Å²) < 4.78 is 13.0. The topological polar surface area (TPSA) is 29.1 Å². The van der Waals surface area contributed by atoms with E-state index >= 15 is 0 Å². The lowest BCUT2D eigenvalue weighted by molar-refractivity contribution is 0.0867. The van der Waals surface area contributed by atoms with E-state index in [4.69, 9.17) is 23.2 Å². The van der Waals surface area contributed by atoms with E-state index in [2.05, 4.69) is 12.2 Å². The lowest BCUT2D eigenvalue weighted by Gasteiger charge is -2.39. The van der Waals surface area contributed by atoms with Crippen LogP contribution in [0.2, 0.25) is 5.02 Å². The van der Waals surface area contributed by atoms with Crippen molar-refractivity contribution >= 4 is 29.1 Å². The van der Waals surface area contributed by atoms with Crippen LogP contribution in [0, 0.1) is 11.7 Å². The van der Waals surface area contributed by atoms with Gasteiger partial charge in [-0.15, -0.1) is 11.6 Å². The van der Waals surface area contributed by atoms with E-state index in [1.807, 2.05) is 0 Å². The fraction of sp³-hybridized carbons (Fsp3) is 0.533. The molecule has 1 aromatic carbocycles. The summed E-state index contributed by atoms with van der Waals surface area (Å²) in [6.45, 7) is 2.16. The van der Waals surface area contributed by atoms with Crippen LogP contribution in [0.5, 0.6) is 0 Å². The van der Waals surface area contributed by atoms with E-state index in [9.17, 15) is 9.18 Å². The minimum Gasteiger partial charge on any atom is -0.345 e. The van der Waals surface area contributed by atoms with Crippen LogP contribution in [-0.4, -0.2) is 17.3 Å². The van der Waals surface area contributed by atoms with Gasteiger partial charge >= 0.3 is 0 Å². The van der Waals surface area contributed by atoms with Crippen molar-refractivity contribution in [2.24, 2.45) is 5.92 Å². The molecule has 0 saturated heterocycles. The molecule has 1 aliphatic rings. The zero-order chi connectivity index (χ0) is 14.8. The highest BCUT2D eigenvalue weighted by atomic mass is 35.5. The fourth-order valence-electron chi connectivity index (χ4n) is 2.91. The smallest absolute Gasteiger partial charge is 0.253 e. The Morgan fingerprint density at radius 2 is 2.30 bits per heavy atom. The van der Waals surface area contributed by atoms with Gasteiger partial charge in [0.15, 0.2) is 0 Å². The van der Waals surface area contributed by atoms with Crippen molar-refractivity contribution in [2.45, 2.75) is 38.1 Å². The molecule has 0 spiro atoms. The lowest BCUT2D eigenvalue weighted by Crippen LogP contribution is -2.52. The number of carbonyl (C=O) groups is 1. The maximum Gasteiger partial charge on any atom is 0.253 e. The summed E-state index contributed by atoms with van der Waals surface area (Å²) in [6.07, 6.45) is 3.93. The molecule has 0 aliphatic heterocycles. The average molecular weight is 318 g/mol. The van der Waals surface area contributed by atoms with E-state index in [-0.39, 0.29) is 22.0 Å². The first-order valence-corrected chi connectivity index (χ1v) is 7.70. The van der Waals surface area contributed by atoms with Crippen LogP contribution in [0.25, 0.3) is 0 Å². The molecule has 2 nitrogen and oxygen atoms in total. The zero-order valence-corrected chi connectivity index (χ0v) is 12.9. The third kappa shape index (κ3) is 3.44. The molecule has 2 rings (SSSR count). The molecular formula is C15H18Cl2FNO. The van der Waals surface area contributed by atoms with Crippen LogP contribution in [0.4, 0.5) is 4.39 Å². The van der Waals surface area contributed by atoms with Gasteiger partial charge in [-0.25, -0.2) is 4.39 Å². The number of halogens is 3. The molecule has 0 bridgehead atoms.